The molecule has 1 rings (SSSR count). The number of rotatable bonds is 6. The molecule has 9 nitrogen and oxygen atoms in total. The maximum Gasteiger partial charge on any atom is 0.292 e. The quantitative estimate of drug-likeness (QED) is 0.246. The monoisotopic (exact) mass is 349 g/mol. The molecule has 0 heterocycles. The van der Waals surface area contributed by atoms with Gasteiger partial charge in [0.25, 0.3) is 5.69 Å². The van der Waals surface area contributed by atoms with Crippen LogP contribution in [0.1, 0.15) is 0 Å². The Labute approximate surface area is 136 Å². The van der Waals surface area contributed by atoms with E-state index in [2.05, 4.69) is 25.3 Å². The van der Waals surface area contributed by atoms with Crippen molar-refractivity contribution in [3.63, 3.8) is 0 Å². The van der Waals surface area contributed by atoms with Crippen LogP contribution in [0.4, 0.5) is 11.4 Å². The van der Waals surface area contributed by atoms with E-state index in [1.165, 1.54) is 6.07 Å². The highest BCUT2D eigenvalue weighted by Crippen LogP contribution is 2.26. The van der Waals surface area contributed by atoms with E-state index < -0.39 is 10.4 Å². The fourth-order valence-corrected chi connectivity index (χ4v) is 1.51. The number of anilines is 1. The number of nitro benzene ring substituents is 1. The van der Waals surface area contributed by atoms with Gasteiger partial charge in [-0.05, 0) is 6.07 Å². The van der Waals surface area contributed by atoms with Crippen LogP contribution in [0.5, 0.6) is 0 Å². The Bertz CT molecular complexity index is 612. The normalized spacial score (nSPS) is 11.4. The first kappa shape index (κ1) is 21.2. The summed E-state index contributed by atoms with van der Waals surface area (Å²) >= 11 is 0. The molecular formula is C13H23N3O6S. The summed E-state index contributed by atoms with van der Waals surface area (Å²) in [4.78, 5) is 12.5. The molecule has 132 valence electrons. The molecule has 0 spiro atoms. The lowest BCUT2D eigenvalue weighted by Gasteiger charge is -2.27. The highest BCUT2D eigenvalue weighted by Gasteiger charge is 2.17. The Kier molecular flexibility index (Phi) is 8.10. The van der Waals surface area contributed by atoms with E-state index in [1.54, 1.807) is 12.1 Å². The first-order valence-electron chi connectivity index (χ1n) is 6.64. The van der Waals surface area contributed by atoms with Gasteiger partial charge < -0.3 is 13.9 Å². The van der Waals surface area contributed by atoms with Crippen LogP contribution in [0, 0.1) is 10.1 Å². The third-order valence-corrected chi connectivity index (χ3v) is 3.21. The first-order chi connectivity index (χ1) is 10.4. The number of nitrogens with zero attached hydrogens (tertiary/aromatic N) is 3. The topological polar surface area (TPSA) is 113 Å². The molecule has 0 aliphatic carbocycles. The molecule has 0 saturated heterocycles. The highest BCUT2D eigenvalue weighted by molar-refractivity contribution is 7.80. The fraction of sp³-hybridized carbons (Fsp3) is 0.538. The van der Waals surface area contributed by atoms with E-state index in [4.69, 9.17) is 0 Å². The van der Waals surface area contributed by atoms with Crippen molar-refractivity contribution in [1.82, 2.24) is 0 Å². The molecule has 10 heteroatoms. The molecule has 0 aliphatic heterocycles. The lowest BCUT2D eigenvalue weighted by molar-refractivity contribution is -0.868. The summed E-state index contributed by atoms with van der Waals surface area (Å²) in [6.07, 6.45) is 0. The average Bonchev–Trinajstić information content (AvgIpc) is 2.43. The Morgan fingerprint density at radius 3 is 2.13 bits per heavy atom. The van der Waals surface area contributed by atoms with Gasteiger partial charge >= 0.3 is 0 Å². The number of nitro groups is 1. The highest BCUT2D eigenvalue weighted by atomic mass is 32.3. The molecule has 1 aromatic rings. The number of hydrogen-bond acceptors (Lipinski definition) is 7. The molecular weight excluding hydrogens is 326 g/mol. The number of likely N-dealkylation sites (N-methyl/N-ethyl adjacent to an activating group) is 2. The van der Waals surface area contributed by atoms with E-state index in [9.17, 15) is 23.1 Å². The van der Waals surface area contributed by atoms with Crippen LogP contribution in [-0.4, -0.2) is 70.8 Å². The van der Waals surface area contributed by atoms with Gasteiger partial charge in [0.1, 0.15) is 5.69 Å². The van der Waals surface area contributed by atoms with Gasteiger partial charge in [-0.15, -0.1) is 0 Å². The van der Waals surface area contributed by atoms with Gasteiger partial charge in [0.2, 0.25) is 10.4 Å². The number of quaternary nitrogens is 1. The molecule has 0 fully saturated rings. The van der Waals surface area contributed by atoms with Gasteiger partial charge in [0.05, 0.1) is 46.3 Å². The van der Waals surface area contributed by atoms with Crippen molar-refractivity contribution < 1.29 is 26.6 Å². The van der Waals surface area contributed by atoms with Crippen molar-refractivity contribution in [2.24, 2.45) is 0 Å². The Morgan fingerprint density at radius 2 is 1.74 bits per heavy atom. The lowest BCUT2D eigenvalue weighted by Crippen LogP contribution is -2.41. The van der Waals surface area contributed by atoms with Crippen LogP contribution in [0.25, 0.3) is 0 Å². The molecule has 0 atom stereocenters. The molecule has 0 N–H and O–H groups in total. The van der Waals surface area contributed by atoms with E-state index in [1.807, 2.05) is 18.0 Å². The van der Waals surface area contributed by atoms with Gasteiger partial charge in [0, 0.05) is 13.1 Å². The van der Waals surface area contributed by atoms with Gasteiger partial charge in [-0.3, -0.25) is 14.3 Å². The van der Waals surface area contributed by atoms with Crippen LogP contribution in [0.15, 0.2) is 24.3 Å². The van der Waals surface area contributed by atoms with E-state index in [0.29, 0.717) is 5.69 Å². The summed E-state index contributed by atoms with van der Waals surface area (Å²) in [6.45, 7) is 1.72. The second kappa shape index (κ2) is 8.77. The summed E-state index contributed by atoms with van der Waals surface area (Å²) in [5, 5.41) is 10.9. The number of hydrogen-bond donors (Lipinski definition) is 0. The Morgan fingerprint density at radius 1 is 1.26 bits per heavy atom. The number of para-hydroxylation sites is 2. The van der Waals surface area contributed by atoms with Crippen molar-refractivity contribution in [3.8, 4) is 0 Å². The van der Waals surface area contributed by atoms with Crippen LogP contribution in [0.2, 0.25) is 0 Å². The predicted octanol–water partition coefficient (Wildman–Crippen LogP) is 0.830. The second-order valence-corrected chi connectivity index (χ2v) is 6.91. The molecule has 0 aliphatic rings. The summed E-state index contributed by atoms with van der Waals surface area (Å²) in [5.74, 6) is 0. The third-order valence-electron chi connectivity index (χ3n) is 2.80. The maximum absolute atomic E-state index is 10.9. The molecule has 1 aromatic carbocycles. The minimum atomic E-state index is -4.41. The predicted molar refractivity (Wildman–Crippen MR) is 86.0 cm³/mol. The van der Waals surface area contributed by atoms with Gasteiger partial charge in [-0.2, -0.15) is 0 Å². The SMILES string of the molecule is CN(CC[N+](C)(C)C)c1ccccc1[N+](=O)[O-].COS(=O)(=O)[O-]. The van der Waals surface area contributed by atoms with E-state index in [0.717, 1.165) is 24.7 Å². The first-order valence-corrected chi connectivity index (χ1v) is 7.97. The zero-order chi connectivity index (χ0) is 18.3. The van der Waals surface area contributed by atoms with Crippen LogP contribution in [-0.2, 0) is 14.6 Å². The van der Waals surface area contributed by atoms with Gasteiger partial charge in [-0.1, -0.05) is 12.1 Å². The zero-order valence-electron chi connectivity index (χ0n) is 13.9. The maximum atomic E-state index is 10.9. The number of benzene rings is 1. The van der Waals surface area contributed by atoms with E-state index in [-0.39, 0.29) is 10.6 Å². The summed E-state index contributed by atoms with van der Waals surface area (Å²) < 4.78 is 31.9. The zero-order valence-corrected chi connectivity index (χ0v) is 14.7. The van der Waals surface area contributed by atoms with Gasteiger partial charge in [0.15, 0.2) is 0 Å². The molecule has 0 aromatic heterocycles. The van der Waals surface area contributed by atoms with Crippen molar-refractivity contribution in [3.05, 3.63) is 34.4 Å². The Balaban J connectivity index is 0.000000688. The van der Waals surface area contributed by atoms with Crippen molar-refractivity contribution in [2.45, 2.75) is 0 Å². The largest absolute Gasteiger partial charge is 0.726 e. The van der Waals surface area contributed by atoms with Crippen molar-refractivity contribution >= 4 is 21.8 Å². The minimum absolute atomic E-state index is 0.163. The molecule has 23 heavy (non-hydrogen) atoms. The second-order valence-electron chi connectivity index (χ2n) is 5.76. The lowest BCUT2D eigenvalue weighted by atomic mass is 10.2. The Hall–Kier alpha value is -1.75. The summed E-state index contributed by atoms with van der Waals surface area (Å²) in [6, 6.07) is 6.84. The smallest absolute Gasteiger partial charge is 0.292 e. The standard InChI is InChI=1S/C12H20N3O2.CH4O4S/c1-13(9-10-15(2,3)4)11-7-5-6-8-12(11)14(16)17;1-5-6(2,3)4/h5-8H,9-10H2,1-4H3;1H3,(H,2,3,4)/q+1;/p-1. The summed E-state index contributed by atoms with van der Waals surface area (Å²) in [7, 11) is 4.60. The van der Waals surface area contributed by atoms with Crippen molar-refractivity contribution in [2.75, 3.05) is 53.3 Å². The fourth-order valence-electron chi connectivity index (χ4n) is 1.51. The molecule has 0 unspecified atom stereocenters. The van der Waals surface area contributed by atoms with Crippen LogP contribution >= 0.6 is 0 Å². The van der Waals surface area contributed by atoms with Crippen LogP contribution in [0.3, 0.4) is 0 Å². The molecule has 0 bridgehead atoms. The molecule has 0 amide bonds. The van der Waals surface area contributed by atoms with Crippen molar-refractivity contribution in [1.29, 1.82) is 0 Å². The average molecular weight is 349 g/mol. The van der Waals surface area contributed by atoms with E-state index >= 15 is 0 Å². The molecule has 0 radical (unpaired) electrons. The minimum Gasteiger partial charge on any atom is -0.726 e. The van der Waals surface area contributed by atoms with Gasteiger partial charge in [-0.25, -0.2) is 8.42 Å². The van der Waals surface area contributed by atoms with Crippen LogP contribution < -0.4 is 4.90 Å². The molecule has 0 saturated carbocycles. The summed E-state index contributed by atoms with van der Waals surface area (Å²) in [5.41, 5.74) is 0.836. The third kappa shape index (κ3) is 9.79.